The Morgan fingerprint density at radius 2 is 1.79 bits per heavy atom. The van der Waals surface area contributed by atoms with Crippen molar-refractivity contribution in [3.8, 4) is 0 Å². The molecule has 0 aliphatic rings. The maximum absolute atomic E-state index is 6.26. The molecule has 1 atom stereocenters. The van der Waals surface area contributed by atoms with Crippen LogP contribution in [0, 0.1) is 6.92 Å². The Morgan fingerprint density at radius 3 is 2.53 bits per heavy atom. The van der Waals surface area contributed by atoms with Crippen LogP contribution in [0.1, 0.15) is 22.7 Å². The lowest BCUT2D eigenvalue weighted by molar-refractivity contribution is 0.717. The first-order chi connectivity index (χ1) is 8.99. The van der Waals surface area contributed by atoms with E-state index < -0.39 is 0 Å². The second kappa shape index (κ2) is 6.15. The third-order valence-electron chi connectivity index (χ3n) is 3.16. The summed E-state index contributed by atoms with van der Waals surface area (Å²) in [7, 11) is 0. The predicted molar refractivity (Wildman–Crippen MR) is 83.3 cm³/mol. The third-order valence-corrected chi connectivity index (χ3v) is 4.17. The van der Waals surface area contributed by atoms with Crippen molar-refractivity contribution in [1.82, 2.24) is 0 Å². The van der Waals surface area contributed by atoms with E-state index in [0.717, 1.165) is 21.7 Å². The van der Waals surface area contributed by atoms with Crippen LogP contribution in [-0.4, -0.2) is 0 Å². The first-order valence-corrected chi connectivity index (χ1v) is 7.07. The second-order valence-electron chi connectivity index (χ2n) is 4.50. The third kappa shape index (κ3) is 3.43. The zero-order valence-corrected chi connectivity index (χ0v) is 12.7. The molecule has 0 aromatic heterocycles. The number of hydrogen-bond donors (Lipinski definition) is 1. The van der Waals surface area contributed by atoms with Gasteiger partial charge in [0.05, 0.1) is 0 Å². The summed E-state index contributed by atoms with van der Waals surface area (Å²) in [5.74, 6) is 0. The van der Waals surface area contributed by atoms with Crippen LogP contribution in [0.5, 0.6) is 0 Å². The highest BCUT2D eigenvalue weighted by Crippen LogP contribution is 2.28. The first kappa shape index (κ1) is 14.7. The normalized spacial score (nSPS) is 12.5. The second-order valence-corrected chi connectivity index (χ2v) is 5.75. The summed E-state index contributed by atoms with van der Waals surface area (Å²) in [5.41, 5.74) is 9.24. The Labute approximate surface area is 128 Å². The smallest absolute Gasteiger partial charge is 0.0439 e. The van der Waals surface area contributed by atoms with E-state index in [-0.39, 0.29) is 6.04 Å². The Bertz CT molecular complexity index is 596. The van der Waals surface area contributed by atoms with E-state index in [1.54, 1.807) is 12.1 Å². The van der Waals surface area contributed by atoms with Crippen molar-refractivity contribution >= 4 is 34.8 Å². The molecule has 0 heterocycles. The molecule has 100 valence electrons. The lowest BCUT2D eigenvalue weighted by atomic mass is 9.96. The van der Waals surface area contributed by atoms with E-state index in [2.05, 4.69) is 0 Å². The molecular weight excluding hydrogens is 301 g/mol. The van der Waals surface area contributed by atoms with Crippen LogP contribution in [0.3, 0.4) is 0 Å². The highest BCUT2D eigenvalue weighted by Gasteiger charge is 2.13. The monoisotopic (exact) mass is 313 g/mol. The molecule has 0 radical (unpaired) electrons. The number of hydrogen-bond acceptors (Lipinski definition) is 1. The Kier molecular flexibility index (Phi) is 4.75. The van der Waals surface area contributed by atoms with Gasteiger partial charge in [0, 0.05) is 21.1 Å². The summed E-state index contributed by atoms with van der Waals surface area (Å²) < 4.78 is 0. The Hall–Kier alpha value is -0.730. The minimum absolute atomic E-state index is 0.158. The molecule has 1 unspecified atom stereocenters. The van der Waals surface area contributed by atoms with Crippen LogP contribution in [0.4, 0.5) is 0 Å². The molecule has 4 heteroatoms. The molecule has 0 saturated carbocycles. The summed E-state index contributed by atoms with van der Waals surface area (Å²) in [5, 5.41) is 2.07. The van der Waals surface area contributed by atoms with Crippen molar-refractivity contribution in [3.63, 3.8) is 0 Å². The highest BCUT2D eigenvalue weighted by molar-refractivity contribution is 6.33. The van der Waals surface area contributed by atoms with Gasteiger partial charge < -0.3 is 5.73 Å². The zero-order chi connectivity index (χ0) is 14.0. The summed E-state index contributed by atoms with van der Waals surface area (Å²) in [6.07, 6.45) is 0.626. The van der Waals surface area contributed by atoms with E-state index in [1.165, 1.54) is 0 Å². The fraction of sp³-hybridized carbons (Fsp3) is 0.200. The van der Waals surface area contributed by atoms with E-state index in [1.807, 2.05) is 31.2 Å². The van der Waals surface area contributed by atoms with Crippen LogP contribution < -0.4 is 5.73 Å². The molecular formula is C15H14Cl3N. The molecule has 2 N–H and O–H groups in total. The summed E-state index contributed by atoms with van der Waals surface area (Å²) in [4.78, 5) is 0. The van der Waals surface area contributed by atoms with Gasteiger partial charge in [0.15, 0.2) is 0 Å². The van der Waals surface area contributed by atoms with E-state index >= 15 is 0 Å². The lowest BCUT2D eigenvalue weighted by Crippen LogP contribution is -2.15. The Morgan fingerprint density at radius 1 is 1.05 bits per heavy atom. The van der Waals surface area contributed by atoms with Crippen molar-refractivity contribution in [2.24, 2.45) is 5.73 Å². The van der Waals surface area contributed by atoms with Crippen LogP contribution >= 0.6 is 34.8 Å². The molecule has 1 nitrogen and oxygen atoms in total. The van der Waals surface area contributed by atoms with Gasteiger partial charge in [-0.1, -0.05) is 46.9 Å². The molecule has 0 amide bonds. The summed E-state index contributed by atoms with van der Waals surface area (Å²) >= 11 is 18.3. The number of halogens is 3. The van der Waals surface area contributed by atoms with Crippen LogP contribution in [0.2, 0.25) is 15.1 Å². The predicted octanol–water partition coefficient (Wildman–Crippen LogP) is 5.20. The van der Waals surface area contributed by atoms with Gasteiger partial charge in [-0.2, -0.15) is 0 Å². The maximum atomic E-state index is 6.26. The molecule has 19 heavy (non-hydrogen) atoms. The standard InChI is InChI=1S/C15H14Cl3N/c1-9-12(3-2-4-13(9)17)15(19)8-10-7-11(16)5-6-14(10)18/h2-7,15H,8,19H2,1H3. The topological polar surface area (TPSA) is 26.0 Å². The van der Waals surface area contributed by atoms with E-state index in [9.17, 15) is 0 Å². The van der Waals surface area contributed by atoms with Gasteiger partial charge >= 0.3 is 0 Å². The molecule has 0 spiro atoms. The van der Waals surface area contributed by atoms with Crippen molar-refractivity contribution < 1.29 is 0 Å². The van der Waals surface area contributed by atoms with Gasteiger partial charge in [-0.25, -0.2) is 0 Å². The van der Waals surface area contributed by atoms with Gasteiger partial charge in [-0.3, -0.25) is 0 Å². The van der Waals surface area contributed by atoms with Crippen molar-refractivity contribution in [2.75, 3.05) is 0 Å². The molecule has 0 fully saturated rings. The van der Waals surface area contributed by atoms with Crippen molar-refractivity contribution in [2.45, 2.75) is 19.4 Å². The molecule has 2 aromatic rings. The molecule has 0 saturated heterocycles. The fourth-order valence-corrected chi connectivity index (χ4v) is 2.64. The van der Waals surface area contributed by atoms with Crippen molar-refractivity contribution in [1.29, 1.82) is 0 Å². The number of rotatable bonds is 3. The number of nitrogens with two attached hydrogens (primary N) is 1. The lowest BCUT2D eigenvalue weighted by Gasteiger charge is -2.16. The molecule has 2 aromatic carbocycles. The first-order valence-electron chi connectivity index (χ1n) is 5.93. The van der Waals surface area contributed by atoms with E-state index in [0.29, 0.717) is 16.5 Å². The quantitative estimate of drug-likeness (QED) is 0.828. The average molecular weight is 315 g/mol. The van der Waals surface area contributed by atoms with Crippen molar-refractivity contribution in [3.05, 3.63) is 68.2 Å². The maximum Gasteiger partial charge on any atom is 0.0439 e. The van der Waals surface area contributed by atoms with E-state index in [4.69, 9.17) is 40.5 Å². The fourth-order valence-electron chi connectivity index (χ4n) is 2.07. The van der Waals surface area contributed by atoms with Gasteiger partial charge in [-0.15, -0.1) is 0 Å². The summed E-state index contributed by atoms with van der Waals surface area (Å²) in [6.45, 7) is 1.97. The van der Waals surface area contributed by atoms with Gasteiger partial charge in [0.2, 0.25) is 0 Å². The Balaban J connectivity index is 2.28. The highest BCUT2D eigenvalue weighted by atomic mass is 35.5. The summed E-state index contributed by atoms with van der Waals surface area (Å²) in [6, 6.07) is 11.0. The molecule has 2 rings (SSSR count). The molecule has 0 aliphatic heterocycles. The number of benzene rings is 2. The molecule has 0 bridgehead atoms. The van der Waals surface area contributed by atoms with Crippen LogP contribution in [0.15, 0.2) is 36.4 Å². The van der Waals surface area contributed by atoms with Gasteiger partial charge in [-0.05, 0) is 54.3 Å². The largest absolute Gasteiger partial charge is 0.324 e. The minimum atomic E-state index is -0.158. The van der Waals surface area contributed by atoms with Crippen LogP contribution in [-0.2, 0) is 6.42 Å². The zero-order valence-electron chi connectivity index (χ0n) is 10.5. The SMILES string of the molecule is Cc1c(Cl)cccc1C(N)Cc1cc(Cl)ccc1Cl. The molecule has 0 aliphatic carbocycles. The minimum Gasteiger partial charge on any atom is -0.324 e. The van der Waals surface area contributed by atoms with Gasteiger partial charge in [0.25, 0.3) is 0 Å². The van der Waals surface area contributed by atoms with Crippen LogP contribution in [0.25, 0.3) is 0 Å². The van der Waals surface area contributed by atoms with Gasteiger partial charge in [0.1, 0.15) is 0 Å². The average Bonchev–Trinajstić information content (AvgIpc) is 2.37.